The third-order valence-electron chi connectivity index (χ3n) is 1.67. The average Bonchev–Trinajstić information content (AvgIpc) is 2.02. The first-order valence-electron chi connectivity index (χ1n) is 3.93. The van der Waals surface area contributed by atoms with Gasteiger partial charge in [0.15, 0.2) is 0 Å². The second-order valence-corrected chi connectivity index (χ2v) is 3.79. The molecule has 0 atom stereocenters. The Bertz CT molecular complexity index is 273. The molecule has 1 rings (SSSR count). The molecule has 0 unspecified atom stereocenters. The summed E-state index contributed by atoms with van der Waals surface area (Å²) in [6.07, 6.45) is -0.613. The van der Waals surface area contributed by atoms with Crippen LogP contribution in [0.25, 0.3) is 0 Å². The summed E-state index contributed by atoms with van der Waals surface area (Å²) in [4.78, 5) is 0. The van der Waals surface area contributed by atoms with E-state index in [-0.39, 0.29) is 57.8 Å². The van der Waals surface area contributed by atoms with Crippen LogP contribution in [0.15, 0.2) is 28.7 Å². The van der Waals surface area contributed by atoms with Gasteiger partial charge in [0.2, 0.25) is 0 Å². The molecule has 0 aliphatic carbocycles. The van der Waals surface area contributed by atoms with E-state index >= 15 is 0 Å². The molecule has 0 radical (unpaired) electrons. The predicted octanol–water partition coefficient (Wildman–Crippen LogP) is 0.843. The zero-order chi connectivity index (χ0) is 9.90. The molecule has 0 aromatic heterocycles. The fourth-order valence-corrected chi connectivity index (χ4v) is 1.25. The Morgan fingerprint density at radius 1 is 1.07 bits per heavy atom. The minimum Gasteiger partial charge on any atom is -0.449 e. The fourth-order valence-electron chi connectivity index (χ4n) is 0.981. The van der Waals surface area contributed by atoms with Gasteiger partial charge in [-0.05, 0) is 12.1 Å². The molecule has 0 N–H and O–H groups in total. The van der Waals surface area contributed by atoms with E-state index in [2.05, 4.69) is 15.9 Å². The van der Waals surface area contributed by atoms with Gasteiger partial charge in [0.05, 0.1) is 0 Å². The molecule has 0 amide bonds. The van der Waals surface area contributed by atoms with Gasteiger partial charge in [-0.2, -0.15) is 0 Å². The first-order valence-corrected chi connectivity index (χ1v) is 4.72. The van der Waals surface area contributed by atoms with Crippen LogP contribution in [-0.2, 0) is 6.42 Å². The van der Waals surface area contributed by atoms with Gasteiger partial charge in [-0.25, -0.2) is 0 Å². The van der Waals surface area contributed by atoms with Crippen LogP contribution in [0.3, 0.4) is 0 Å². The number of rotatable bonds is 3. The van der Waals surface area contributed by atoms with Crippen LogP contribution in [0.2, 0.25) is 6.32 Å². The van der Waals surface area contributed by atoms with Crippen molar-refractivity contribution in [3.8, 4) is 0 Å². The molecule has 0 saturated carbocycles. The maximum atomic E-state index is 11.9. The fraction of sp³-hybridized carbons (Fsp3) is 0.250. The maximum Gasteiger partial charge on any atom is 1.00 e. The van der Waals surface area contributed by atoms with Gasteiger partial charge in [-0.3, -0.25) is 0 Å². The SMILES string of the molecule is F[B-](F)(F)CCc1ccc(Br)cc1.[K+]. The molecule has 0 bridgehead atoms. The van der Waals surface area contributed by atoms with Crippen molar-refractivity contribution in [1.82, 2.24) is 0 Å². The molecule has 1 aromatic carbocycles. The Labute approximate surface area is 132 Å². The third-order valence-corrected chi connectivity index (χ3v) is 2.20. The monoisotopic (exact) mass is 290 g/mol. The normalized spacial score (nSPS) is 10.9. The Balaban J connectivity index is 0.00000169. The Morgan fingerprint density at radius 2 is 1.57 bits per heavy atom. The summed E-state index contributed by atoms with van der Waals surface area (Å²) in [5.41, 5.74) is 0.724. The molecular weight excluding hydrogens is 283 g/mol. The first kappa shape index (κ1) is 15.2. The zero-order valence-corrected chi connectivity index (χ0v) is 12.5. The predicted molar refractivity (Wildman–Crippen MR) is 51.7 cm³/mol. The topological polar surface area (TPSA) is 0 Å². The summed E-state index contributed by atoms with van der Waals surface area (Å²) in [5.74, 6) is 0. The van der Waals surface area contributed by atoms with Crippen molar-refractivity contribution in [1.29, 1.82) is 0 Å². The van der Waals surface area contributed by atoms with Crippen molar-refractivity contribution in [2.75, 3.05) is 0 Å². The van der Waals surface area contributed by atoms with Gasteiger partial charge in [0.1, 0.15) is 0 Å². The van der Waals surface area contributed by atoms with Crippen LogP contribution in [0.4, 0.5) is 12.9 Å². The summed E-state index contributed by atoms with van der Waals surface area (Å²) >= 11 is 3.22. The van der Waals surface area contributed by atoms with Crippen molar-refractivity contribution in [3.05, 3.63) is 34.3 Å². The number of hydrogen-bond acceptors (Lipinski definition) is 0. The summed E-state index contributed by atoms with van der Waals surface area (Å²) < 4.78 is 36.5. The van der Waals surface area contributed by atoms with Crippen LogP contribution in [0.1, 0.15) is 5.56 Å². The van der Waals surface area contributed by atoms with Crippen LogP contribution in [-0.4, -0.2) is 6.98 Å². The van der Waals surface area contributed by atoms with Crippen LogP contribution in [0, 0.1) is 0 Å². The Kier molecular flexibility index (Phi) is 7.28. The molecule has 0 aliphatic rings. The molecular formula is C8H8BBrF3K. The van der Waals surface area contributed by atoms with Gasteiger partial charge in [0, 0.05) is 4.47 Å². The molecule has 0 saturated heterocycles. The largest absolute Gasteiger partial charge is 1.00 e. The number of halogens is 4. The number of benzene rings is 1. The van der Waals surface area contributed by atoms with E-state index in [1.165, 1.54) is 0 Å². The molecule has 0 fully saturated rings. The average molecular weight is 291 g/mol. The molecule has 0 spiro atoms. The molecule has 1 aromatic rings. The third kappa shape index (κ3) is 6.63. The Morgan fingerprint density at radius 3 is 2.00 bits per heavy atom. The standard InChI is InChI=1S/C8H8BBrF3.K/c10-8-3-1-7(2-4-8)5-6-9(11,12)13;/h1-4H,5-6H2;/q-1;+1. The van der Waals surface area contributed by atoms with Crippen molar-refractivity contribution in [2.45, 2.75) is 12.7 Å². The molecule has 6 heteroatoms. The molecule has 0 aliphatic heterocycles. The van der Waals surface area contributed by atoms with Crippen LogP contribution in [0.5, 0.6) is 0 Å². The second kappa shape index (κ2) is 6.70. The minimum absolute atomic E-state index is 0. The van der Waals surface area contributed by atoms with E-state index in [9.17, 15) is 12.9 Å². The summed E-state index contributed by atoms with van der Waals surface area (Å²) in [6, 6.07) is 6.90. The maximum absolute atomic E-state index is 11.9. The van der Waals surface area contributed by atoms with E-state index in [0.717, 1.165) is 10.0 Å². The molecule has 72 valence electrons. The first-order chi connectivity index (χ1) is 5.97. The quantitative estimate of drug-likeness (QED) is 0.724. The summed E-state index contributed by atoms with van der Waals surface area (Å²) in [6.45, 7) is -4.65. The number of aryl methyl sites for hydroxylation is 1. The van der Waals surface area contributed by atoms with Gasteiger partial charge >= 0.3 is 58.4 Å². The smallest absolute Gasteiger partial charge is 0.449 e. The molecule has 14 heavy (non-hydrogen) atoms. The van der Waals surface area contributed by atoms with Crippen molar-refractivity contribution >= 4 is 22.9 Å². The van der Waals surface area contributed by atoms with Crippen LogP contribution < -0.4 is 51.4 Å². The zero-order valence-electron chi connectivity index (χ0n) is 7.81. The van der Waals surface area contributed by atoms with E-state index < -0.39 is 13.3 Å². The van der Waals surface area contributed by atoms with E-state index in [1.807, 2.05) is 0 Å². The van der Waals surface area contributed by atoms with E-state index in [0.29, 0.717) is 0 Å². The number of hydrogen-bond donors (Lipinski definition) is 0. The van der Waals surface area contributed by atoms with Crippen LogP contribution >= 0.6 is 15.9 Å². The Hall–Kier alpha value is 1.19. The van der Waals surface area contributed by atoms with Gasteiger partial charge in [-0.1, -0.05) is 46.4 Å². The van der Waals surface area contributed by atoms with Gasteiger partial charge < -0.3 is 12.9 Å². The molecule has 0 nitrogen and oxygen atoms in total. The van der Waals surface area contributed by atoms with Crippen molar-refractivity contribution in [3.63, 3.8) is 0 Å². The van der Waals surface area contributed by atoms with E-state index in [1.54, 1.807) is 24.3 Å². The van der Waals surface area contributed by atoms with Gasteiger partial charge in [-0.15, -0.1) is 0 Å². The summed E-state index contributed by atoms with van der Waals surface area (Å²) in [5, 5.41) is 0. The second-order valence-electron chi connectivity index (χ2n) is 2.88. The molecule has 0 heterocycles. The summed E-state index contributed by atoms with van der Waals surface area (Å²) in [7, 11) is 0. The minimum atomic E-state index is -4.65. The van der Waals surface area contributed by atoms with Gasteiger partial charge in [0.25, 0.3) is 0 Å². The van der Waals surface area contributed by atoms with Crippen molar-refractivity contribution in [2.24, 2.45) is 0 Å². The van der Waals surface area contributed by atoms with E-state index in [4.69, 9.17) is 0 Å². The van der Waals surface area contributed by atoms with Crippen molar-refractivity contribution < 1.29 is 64.3 Å².